The van der Waals surface area contributed by atoms with Gasteiger partial charge in [0, 0.05) is 25.0 Å². The molecule has 2 heteroatoms. The summed E-state index contributed by atoms with van der Waals surface area (Å²) in [7, 11) is 0. The summed E-state index contributed by atoms with van der Waals surface area (Å²) in [5.41, 5.74) is 2.57. The van der Waals surface area contributed by atoms with Gasteiger partial charge in [0.15, 0.2) is 0 Å². The van der Waals surface area contributed by atoms with Crippen LogP contribution in [0.1, 0.15) is 44.1 Å². The molecule has 0 heterocycles. The Morgan fingerprint density at radius 2 is 1.94 bits per heavy atom. The van der Waals surface area contributed by atoms with Gasteiger partial charge >= 0.3 is 0 Å². The van der Waals surface area contributed by atoms with Gasteiger partial charge in [-0.05, 0) is 37.7 Å². The minimum absolute atomic E-state index is 0. The minimum atomic E-state index is 0. The van der Waals surface area contributed by atoms with E-state index in [1.165, 1.54) is 11.1 Å². The van der Waals surface area contributed by atoms with Crippen LogP contribution in [-0.2, 0) is 18.6 Å². The Kier molecular flexibility index (Phi) is 8.59. The fraction of sp³-hybridized carbons (Fsp3) is 0.400. The molecule has 0 saturated heterocycles. The predicted octanol–water partition coefficient (Wildman–Crippen LogP) is 4.43. The summed E-state index contributed by atoms with van der Waals surface area (Å²) in [6.45, 7) is 6.00. The fourth-order valence-electron chi connectivity index (χ4n) is 1.86. The molecule has 0 amide bonds. The Morgan fingerprint density at radius 3 is 2.47 bits per heavy atom. The van der Waals surface area contributed by atoms with Crippen molar-refractivity contribution >= 4 is 0 Å². The molecule has 0 saturated carbocycles. The third kappa shape index (κ3) is 6.36. The third-order valence-corrected chi connectivity index (χ3v) is 2.80. The molecule has 0 bridgehead atoms. The van der Waals surface area contributed by atoms with Crippen molar-refractivity contribution < 1.29 is 18.6 Å². The van der Waals surface area contributed by atoms with Crippen molar-refractivity contribution in [3.05, 3.63) is 48.0 Å². The van der Waals surface area contributed by atoms with Gasteiger partial charge in [0.05, 0.1) is 6.07 Å². The predicted molar refractivity (Wildman–Crippen MR) is 68.1 cm³/mol. The Bertz CT molecular complexity index is 364. The van der Waals surface area contributed by atoms with Crippen molar-refractivity contribution in [1.29, 1.82) is 5.26 Å². The van der Waals surface area contributed by atoms with Gasteiger partial charge in [0.25, 0.3) is 0 Å². The van der Waals surface area contributed by atoms with Crippen LogP contribution in [0.5, 0.6) is 0 Å². The van der Waals surface area contributed by atoms with E-state index in [4.69, 9.17) is 5.26 Å². The van der Waals surface area contributed by atoms with Crippen molar-refractivity contribution in [2.24, 2.45) is 0 Å². The monoisotopic (exact) mass is 264 g/mol. The first-order chi connectivity index (χ1) is 7.74. The summed E-state index contributed by atoms with van der Waals surface area (Å²) in [6.07, 6.45) is 3.73. The number of rotatable bonds is 6. The molecule has 1 aromatic rings. The second kappa shape index (κ2) is 9.10. The van der Waals surface area contributed by atoms with E-state index in [0.717, 1.165) is 19.3 Å². The molecule has 1 unspecified atom stereocenters. The fourth-order valence-corrected chi connectivity index (χ4v) is 1.86. The van der Waals surface area contributed by atoms with E-state index in [1.807, 2.05) is 6.07 Å². The van der Waals surface area contributed by atoms with E-state index in [0.29, 0.717) is 12.3 Å². The van der Waals surface area contributed by atoms with E-state index in [2.05, 4.69) is 43.8 Å². The standard InChI is InChI=1S/C15H19N.V/c1-13(2)10-11-15(9-6-12-16)14-7-4-3-5-8-14;/h3-5,7-8,15H,1,6,9-11H2,2H3;. The van der Waals surface area contributed by atoms with Gasteiger partial charge in [-0.1, -0.05) is 35.9 Å². The van der Waals surface area contributed by atoms with Crippen LogP contribution >= 0.6 is 0 Å². The van der Waals surface area contributed by atoms with Crippen LogP contribution in [0, 0.1) is 11.3 Å². The van der Waals surface area contributed by atoms with E-state index in [9.17, 15) is 0 Å². The maximum absolute atomic E-state index is 8.67. The van der Waals surface area contributed by atoms with Crippen LogP contribution in [-0.4, -0.2) is 0 Å². The first-order valence-corrected chi connectivity index (χ1v) is 5.80. The Hall–Kier alpha value is -0.966. The number of nitriles is 1. The van der Waals surface area contributed by atoms with Crippen LogP contribution in [0.15, 0.2) is 42.5 Å². The van der Waals surface area contributed by atoms with Crippen LogP contribution < -0.4 is 0 Å². The maximum atomic E-state index is 8.67. The summed E-state index contributed by atoms with van der Waals surface area (Å²) in [6, 6.07) is 12.7. The third-order valence-electron chi connectivity index (χ3n) is 2.80. The van der Waals surface area contributed by atoms with Crippen LogP contribution in [0.25, 0.3) is 0 Å². The molecule has 0 fully saturated rings. The van der Waals surface area contributed by atoms with Crippen molar-refractivity contribution in [3.8, 4) is 6.07 Å². The van der Waals surface area contributed by atoms with Crippen LogP contribution in [0.2, 0.25) is 0 Å². The summed E-state index contributed by atoms with van der Waals surface area (Å²) < 4.78 is 0. The van der Waals surface area contributed by atoms with Gasteiger partial charge in [-0.2, -0.15) is 5.26 Å². The normalized spacial score (nSPS) is 11.1. The smallest absolute Gasteiger partial charge is 0.0621 e. The van der Waals surface area contributed by atoms with E-state index >= 15 is 0 Å². The minimum Gasteiger partial charge on any atom is -0.198 e. The molecule has 0 spiro atoms. The number of benzene rings is 1. The molecule has 89 valence electrons. The van der Waals surface area contributed by atoms with Gasteiger partial charge in [0.2, 0.25) is 0 Å². The Labute approximate surface area is 116 Å². The maximum Gasteiger partial charge on any atom is 0.0621 e. The number of hydrogen-bond donors (Lipinski definition) is 0. The SMILES string of the molecule is C=C(C)CCC(CCC#N)c1ccccc1.[V]. The van der Waals surface area contributed by atoms with Crippen molar-refractivity contribution in [2.75, 3.05) is 0 Å². The van der Waals surface area contributed by atoms with Crippen molar-refractivity contribution in [3.63, 3.8) is 0 Å². The first kappa shape index (κ1) is 16.0. The molecule has 0 aliphatic heterocycles. The molecule has 0 aliphatic rings. The van der Waals surface area contributed by atoms with Crippen LogP contribution in [0.3, 0.4) is 0 Å². The Balaban J connectivity index is 0.00000256. The zero-order valence-electron chi connectivity index (χ0n) is 10.4. The first-order valence-electron chi connectivity index (χ1n) is 5.80. The molecule has 0 aliphatic carbocycles. The molecule has 0 N–H and O–H groups in total. The van der Waals surface area contributed by atoms with Gasteiger partial charge in [0.1, 0.15) is 0 Å². The number of nitrogens with zero attached hydrogens (tertiary/aromatic N) is 1. The molecule has 1 atom stereocenters. The second-order valence-corrected chi connectivity index (χ2v) is 4.30. The van der Waals surface area contributed by atoms with E-state index in [-0.39, 0.29) is 18.6 Å². The second-order valence-electron chi connectivity index (χ2n) is 4.30. The quantitative estimate of drug-likeness (QED) is 0.697. The largest absolute Gasteiger partial charge is 0.198 e. The summed E-state index contributed by atoms with van der Waals surface area (Å²) in [5, 5.41) is 8.67. The van der Waals surface area contributed by atoms with Crippen LogP contribution in [0.4, 0.5) is 0 Å². The summed E-state index contributed by atoms with van der Waals surface area (Å²) in [4.78, 5) is 0. The molecule has 1 radical (unpaired) electrons. The Morgan fingerprint density at radius 1 is 1.29 bits per heavy atom. The topological polar surface area (TPSA) is 23.8 Å². The molecule has 0 aromatic heterocycles. The van der Waals surface area contributed by atoms with Crippen molar-refractivity contribution in [2.45, 2.75) is 38.5 Å². The average molecular weight is 264 g/mol. The average Bonchev–Trinajstić information content (AvgIpc) is 2.30. The van der Waals surface area contributed by atoms with Gasteiger partial charge in [-0.25, -0.2) is 0 Å². The number of allylic oxidation sites excluding steroid dienone is 1. The molecule has 17 heavy (non-hydrogen) atoms. The molecule has 1 nitrogen and oxygen atoms in total. The molecule has 1 rings (SSSR count). The van der Waals surface area contributed by atoms with Gasteiger partial charge in [-0.15, -0.1) is 6.58 Å². The van der Waals surface area contributed by atoms with Crippen molar-refractivity contribution in [1.82, 2.24) is 0 Å². The molecular formula is C15H19NV. The molecular weight excluding hydrogens is 245 g/mol. The zero-order valence-corrected chi connectivity index (χ0v) is 11.8. The van der Waals surface area contributed by atoms with E-state index < -0.39 is 0 Å². The summed E-state index contributed by atoms with van der Waals surface area (Å²) >= 11 is 0. The van der Waals surface area contributed by atoms with E-state index in [1.54, 1.807) is 0 Å². The number of hydrogen-bond acceptors (Lipinski definition) is 1. The zero-order chi connectivity index (χ0) is 11.8. The van der Waals surface area contributed by atoms with Gasteiger partial charge in [-0.3, -0.25) is 0 Å². The van der Waals surface area contributed by atoms with Gasteiger partial charge < -0.3 is 0 Å². The molecule has 1 aromatic carbocycles. The summed E-state index contributed by atoms with van der Waals surface area (Å²) in [5.74, 6) is 0.498.